The molecule has 92 valence electrons. The van der Waals surface area contributed by atoms with Crippen molar-refractivity contribution in [1.29, 1.82) is 0 Å². The van der Waals surface area contributed by atoms with Gasteiger partial charge in [0.2, 0.25) is 0 Å². The molecule has 0 aliphatic heterocycles. The van der Waals surface area contributed by atoms with Gasteiger partial charge in [-0.3, -0.25) is 0 Å². The lowest BCUT2D eigenvalue weighted by molar-refractivity contribution is 0.123. The van der Waals surface area contributed by atoms with Crippen LogP contribution < -0.4 is 5.32 Å². The lowest BCUT2D eigenvalue weighted by Crippen LogP contribution is -2.43. The predicted octanol–water partition coefficient (Wildman–Crippen LogP) is 1.45. The van der Waals surface area contributed by atoms with Crippen LogP contribution in [-0.4, -0.2) is 43.2 Å². The van der Waals surface area contributed by atoms with Crippen LogP contribution in [0.3, 0.4) is 0 Å². The molecule has 0 rings (SSSR count). The molecule has 0 aliphatic rings. The average Bonchev–Trinajstić information content (AvgIpc) is 2.24. The zero-order valence-corrected chi connectivity index (χ0v) is 11.6. The summed E-state index contributed by atoms with van der Waals surface area (Å²) >= 11 is 0. The number of rotatable bonds is 9. The number of hydrogen-bond acceptors (Lipinski definition) is 4. The number of halogens is 1. The second-order valence-electron chi connectivity index (χ2n) is 2.89. The van der Waals surface area contributed by atoms with E-state index in [1.54, 1.807) is 21.3 Å². The van der Waals surface area contributed by atoms with E-state index >= 15 is 0 Å². The maximum absolute atomic E-state index is 5.29. The molecule has 0 fully saturated rings. The molecule has 0 heterocycles. The fraction of sp³-hybridized carbons (Fsp3) is 0.778. The van der Waals surface area contributed by atoms with Crippen LogP contribution in [0.4, 0.5) is 0 Å². The molecule has 0 unspecified atom stereocenters. The monoisotopic (exact) mass is 255 g/mol. The van der Waals surface area contributed by atoms with Crippen LogP contribution in [0, 0.1) is 0 Å². The smallest absolute Gasteiger partial charge is 0.377 e. The molecule has 4 nitrogen and oxygen atoms in total. The molecule has 1 N–H and O–H groups in total. The van der Waals surface area contributed by atoms with E-state index < -0.39 is 8.80 Å². The molecule has 0 spiro atoms. The lowest BCUT2D eigenvalue weighted by Gasteiger charge is -2.24. The van der Waals surface area contributed by atoms with Crippen molar-refractivity contribution in [3.05, 3.63) is 12.7 Å². The highest BCUT2D eigenvalue weighted by Gasteiger charge is 2.36. The maximum atomic E-state index is 5.29. The van der Waals surface area contributed by atoms with Crippen molar-refractivity contribution >= 4 is 21.2 Å². The van der Waals surface area contributed by atoms with E-state index in [4.69, 9.17) is 13.3 Å². The van der Waals surface area contributed by atoms with Gasteiger partial charge in [0, 0.05) is 33.9 Å². The van der Waals surface area contributed by atoms with Gasteiger partial charge in [-0.2, -0.15) is 0 Å². The van der Waals surface area contributed by atoms with Crippen LogP contribution in [0.5, 0.6) is 0 Å². The van der Waals surface area contributed by atoms with Crippen molar-refractivity contribution < 1.29 is 13.3 Å². The first-order chi connectivity index (χ1) is 6.74. The van der Waals surface area contributed by atoms with Gasteiger partial charge in [-0.05, 0) is 13.0 Å². The molecule has 0 saturated carbocycles. The SMILES string of the molecule is C=CCNCCC[Si](OC)(OC)OC.Cl. The highest BCUT2D eigenvalue weighted by molar-refractivity contribution is 6.60. The number of nitrogens with one attached hydrogen (secondary N) is 1. The molecular formula is C9H22ClNO3Si. The van der Waals surface area contributed by atoms with E-state index in [9.17, 15) is 0 Å². The number of hydrogen-bond donors (Lipinski definition) is 1. The van der Waals surface area contributed by atoms with Gasteiger partial charge in [0.15, 0.2) is 0 Å². The minimum atomic E-state index is -2.34. The van der Waals surface area contributed by atoms with Crippen LogP contribution in [0.1, 0.15) is 6.42 Å². The summed E-state index contributed by atoms with van der Waals surface area (Å²) in [6, 6.07) is 0.834. The van der Waals surface area contributed by atoms with E-state index in [1.807, 2.05) is 6.08 Å². The normalized spacial score (nSPS) is 10.9. The largest absolute Gasteiger partial charge is 0.500 e. The Kier molecular flexibility index (Phi) is 12.4. The Morgan fingerprint density at radius 1 is 1.20 bits per heavy atom. The Morgan fingerprint density at radius 3 is 2.13 bits per heavy atom. The highest BCUT2D eigenvalue weighted by atomic mass is 35.5. The van der Waals surface area contributed by atoms with Gasteiger partial charge in [0.05, 0.1) is 0 Å². The van der Waals surface area contributed by atoms with Gasteiger partial charge in [-0.15, -0.1) is 19.0 Å². The summed E-state index contributed by atoms with van der Waals surface area (Å²) < 4.78 is 15.9. The second-order valence-corrected chi connectivity index (χ2v) is 5.98. The summed E-state index contributed by atoms with van der Waals surface area (Å²) in [5.74, 6) is 0. The molecule has 0 saturated heterocycles. The molecule has 0 atom stereocenters. The van der Waals surface area contributed by atoms with Crippen molar-refractivity contribution in [1.82, 2.24) is 5.32 Å². The van der Waals surface area contributed by atoms with E-state index in [2.05, 4.69) is 11.9 Å². The summed E-state index contributed by atoms with van der Waals surface area (Å²) in [7, 11) is 2.56. The Labute approximate surface area is 99.8 Å². The molecule has 0 aromatic carbocycles. The summed E-state index contributed by atoms with van der Waals surface area (Å²) in [6.07, 6.45) is 2.82. The van der Waals surface area contributed by atoms with E-state index in [0.29, 0.717) is 0 Å². The minimum absolute atomic E-state index is 0. The predicted molar refractivity (Wildman–Crippen MR) is 66.5 cm³/mol. The first kappa shape index (κ1) is 17.5. The Hall–Kier alpha value is 0.0869. The highest BCUT2D eigenvalue weighted by Crippen LogP contribution is 2.14. The van der Waals surface area contributed by atoms with E-state index in [-0.39, 0.29) is 12.4 Å². The molecule has 0 amide bonds. The topological polar surface area (TPSA) is 39.7 Å². The van der Waals surface area contributed by atoms with Crippen LogP contribution in [0.2, 0.25) is 6.04 Å². The maximum Gasteiger partial charge on any atom is 0.500 e. The Bertz CT molecular complexity index is 148. The average molecular weight is 256 g/mol. The molecule has 0 aliphatic carbocycles. The van der Waals surface area contributed by atoms with Crippen molar-refractivity contribution in [3.63, 3.8) is 0 Å². The fourth-order valence-electron chi connectivity index (χ4n) is 1.19. The third-order valence-electron chi connectivity index (χ3n) is 2.06. The molecule has 0 bridgehead atoms. The third-order valence-corrected chi connectivity index (χ3v) is 4.89. The molecule has 0 aromatic heterocycles. The van der Waals surface area contributed by atoms with E-state index in [0.717, 1.165) is 25.6 Å². The minimum Gasteiger partial charge on any atom is -0.377 e. The molecule has 0 radical (unpaired) electrons. The van der Waals surface area contributed by atoms with Gasteiger partial charge >= 0.3 is 8.80 Å². The third kappa shape index (κ3) is 7.05. The zero-order chi connectivity index (χ0) is 10.9. The van der Waals surface area contributed by atoms with Gasteiger partial charge in [-0.25, -0.2) is 0 Å². The summed E-state index contributed by atoms with van der Waals surface area (Å²) in [4.78, 5) is 0. The van der Waals surface area contributed by atoms with Gasteiger partial charge in [0.25, 0.3) is 0 Å². The Morgan fingerprint density at radius 2 is 1.73 bits per heavy atom. The first-order valence-electron chi connectivity index (χ1n) is 4.71. The second kappa shape index (κ2) is 10.6. The fourth-order valence-corrected chi connectivity index (χ4v) is 2.91. The molecular weight excluding hydrogens is 234 g/mol. The molecule has 15 heavy (non-hydrogen) atoms. The van der Waals surface area contributed by atoms with Gasteiger partial charge < -0.3 is 18.6 Å². The van der Waals surface area contributed by atoms with Crippen LogP contribution >= 0.6 is 12.4 Å². The van der Waals surface area contributed by atoms with Crippen molar-refractivity contribution in [3.8, 4) is 0 Å². The summed E-state index contributed by atoms with van der Waals surface area (Å²) in [5, 5.41) is 3.22. The zero-order valence-electron chi connectivity index (χ0n) is 9.75. The quantitative estimate of drug-likeness (QED) is 0.385. The van der Waals surface area contributed by atoms with Crippen molar-refractivity contribution in [2.75, 3.05) is 34.4 Å². The van der Waals surface area contributed by atoms with Crippen LogP contribution in [0.15, 0.2) is 12.7 Å². The van der Waals surface area contributed by atoms with Crippen molar-refractivity contribution in [2.24, 2.45) is 0 Å². The first-order valence-corrected chi connectivity index (χ1v) is 6.65. The summed E-state index contributed by atoms with van der Waals surface area (Å²) in [6.45, 7) is 5.39. The summed E-state index contributed by atoms with van der Waals surface area (Å²) in [5.41, 5.74) is 0. The van der Waals surface area contributed by atoms with Gasteiger partial charge in [-0.1, -0.05) is 6.08 Å². The van der Waals surface area contributed by atoms with Crippen LogP contribution in [0.25, 0.3) is 0 Å². The van der Waals surface area contributed by atoms with E-state index in [1.165, 1.54) is 0 Å². The van der Waals surface area contributed by atoms with Crippen LogP contribution in [-0.2, 0) is 13.3 Å². The molecule has 6 heteroatoms. The standard InChI is InChI=1S/C9H21NO3Si.ClH/c1-5-7-10-8-6-9-14(11-2,12-3)13-4;/h5,10H,1,6-9H2,2-4H3;1H. The Balaban J connectivity index is 0. The van der Waals surface area contributed by atoms with Gasteiger partial charge in [0.1, 0.15) is 0 Å². The van der Waals surface area contributed by atoms with Crippen molar-refractivity contribution in [2.45, 2.75) is 12.5 Å². The molecule has 0 aromatic rings. The lowest BCUT2D eigenvalue weighted by atomic mass is 10.4.